The summed E-state index contributed by atoms with van der Waals surface area (Å²) in [4.78, 5) is 4.21. The second-order valence-corrected chi connectivity index (χ2v) is 4.10. The highest BCUT2D eigenvalue weighted by atomic mass is 79.9. The quantitative estimate of drug-likeness (QED) is 0.844. The molecule has 1 N–H and O–H groups in total. The molecule has 1 aromatic rings. The van der Waals surface area contributed by atoms with Gasteiger partial charge in [0.1, 0.15) is 4.60 Å². The first-order chi connectivity index (χ1) is 6.63. The molecular formula is C10H15BrN2O. The number of pyridine rings is 1. The Labute approximate surface area is 93.0 Å². The number of methoxy groups -OCH3 is 1. The summed E-state index contributed by atoms with van der Waals surface area (Å²) < 4.78 is 5.89. The summed E-state index contributed by atoms with van der Waals surface area (Å²) in [6.45, 7) is 4.77. The van der Waals surface area contributed by atoms with Crippen molar-refractivity contribution in [1.82, 2.24) is 4.98 Å². The second kappa shape index (κ2) is 5.32. The molecule has 0 aliphatic heterocycles. The summed E-state index contributed by atoms with van der Waals surface area (Å²) in [5, 5.41) is 3.32. The molecule has 4 heteroatoms. The minimum atomic E-state index is 0.278. The molecule has 0 fully saturated rings. The summed E-state index contributed by atoms with van der Waals surface area (Å²) >= 11 is 3.40. The molecule has 3 nitrogen and oxygen atoms in total. The number of anilines is 1. The molecule has 78 valence electrons. The molecule has 0 aliphatic rings. The Morgan fingerprint density at radius 2 is 2.36 bits per heavy atom. The van der Waals surface area contributed by atoms with Crippen LogP contribution in [0.5, 0.6) is 0 Å². The Morgan fingerprint density at radius 3 is 3.00 bits per heavy atom. The van der Waals surface area contributed by atoms with E-state index in [2.05, 4.69) is 39.2 Å². The maximum Gasteiger partial charge on any atom is 0.129 e. The van der Waals surface area contributed by atoms with E-state index in [1.165, 1.54) is 0 Å². The molecule has 1 atom stereocenters. The minimum Gasteiger partial charge on any atom is -0.383 e. The van der Waals surface area contributed by atoms with Crippen LogP contribution < -0.4 is 5.32 Å². The number of ether oxygens (including phenoxy) is 1. The lowest BCUT2D eigenvalue weighted by Gasteiger charge is -2.15. The van der Waals surface area contributed by atoms with Crippen molar-refractivity contribution in [3.63, 3.8) is 0 Å². The number of aryl methyl sites for hydroxylation is 1. The number of rotatable bonds is 4. The summed E-state index contributed by atoms with van der Waals surface area (Å²) in [5.41, 5.74) is 2.15. The van der Waals surface area contributed by atoms with Gasteiger partial charge in [0.15, 0.2) is 0 Å². The zero-order chi connectivity index (χ0) is 10.6. The van der Waals surface area contributed by atoms with E-state index in [-0.39, 0.29) is 6.04 Å². The highest BCUT2D eigenvalue weighted by Gasteiger charge is 2.05. The SMILES string of the molecule is COCC(C)Nc1cc(C)cnc1Br. The first-order valence-electron chi connectivity index (χ1n) is 4.51. The van der Waals surface area contributed by atoms with Crippen LogP contribution in [-0.4, -0.2) is 24.7 Å². The average molecular weight is 259 g/mol. The summed E-state index contributed by atoms with van der Waals surface area (Å²) in [6, 6.07) is 2.34. The number of aromatic nitrogens is 1. The predicted molar refractivity (Wildman–Crippen MR) is 61.6 cm³/mol. The fourth-order valence-electron chi connectivity index (χ4n) is 1.21. The van der Waals surface area contributed by atoms with Crippen LogP contribution in [-0.2, 0) is 4.74 Å². The maximum absolute atomic E-state index is 5.05. The molecular weight excluding hydrogens is 244 g/mol. The van der Waals surface area contributed by atoms with Gasteiger partial charge >= 0.3 is 0 Å². The zero-order valence-corrected chi connectivity index (χ0v) is 10.3. The standard InChI is InChI=1S/C10H15BrN2O/c1-7-4-9(10(11)12-5-7)13-8(2)6-14-3/h4-5,8,13H,6H2,1-3H3. The van der Waals surface area contributed by atoms with Crippen LogP contribution >= 0.6 is 15.9 Å². The second-order valence-electron chi connectivity index (χ2n) is 3.35. The lowest BCUT2D eigenvalue weighted by molar-refractivity contribution is 0.190. The van der Waals surface area contributed by atoms with Gasteiger partial charge in [0.25, 0.3) is 0 Å². The van der Waals surface area contributed by atoms with E-state index in [4.69, 9.17) is 4.74 Å². The lowest BCUT2D eigenvalue weighted by atomic mass is 10.2. The summed E-state index contributed by atoms with van der Waals surface area (Å²) in [5.74, 6) is 0. The zero-order valence-electron chi connectivity index (χ0n) is 8.67. The third-order valence-electron chi connectivity index (χ3n) is 1.79. The number of hydrogen-bond acceptors (Lipinski definition) is 3. The third-order valence-corrected chi connectivity index (χ3v) is 2.43. The van der Waals surface area contributed by atoms with Crippen LogP contribution in [0.4, 0.5) is 5.69 Å². The number of halogens is 1. The maximum atomic E-state index is 5.05. The van der Waals surface area contributed by atoms with Gasteiger partial charge in [-0.05, 0) is 41.4 Å². The first kappa shape index (κ1) is 11.5. The van der Waals surface area contributed by atoms with Crippen molar-refractivity contribution in [2.45, 2.75) is 19.9 Å². The van der Waals surface area contributed by atoms with E-state index in [1.54, 1.807) is 7.11 Å². The van der Waals surface area contributed by atoms with Crippen molar-refractivity contribution >= 4 is 21.6 Å². The molecule has 0 bridgehead atoms. The summed E-state index contributed by atoms with van der Waals surface area (Å²) in [7, 11) is 1.70. The molecule has 0 amide bonds. The number of hydrogen-bond donors (Lipinski definition) is 1. The highest BCUT2D eigenvalue weighted by Crippen LogP contribution is 2.21. The minimum absolute atomic E-state index is 0.278. The van der Waals surface area contributed by atoms with Crippen LogP contribution in [0.25, 0.3) is 0 Å². The van der Waals surface area contributed by atoms with E-state index in [1.807, 2.05) is 13.1 Å². The Kier molecular flexibility index (Phi) is 4.35. The first-order valence-corrected chi connectivity index (χ1v) is 5.30. The average Bonchev–Trinajstić information content (AvgIpc) is 2.12. The number of nitrogens with zero attached hydrogens (tertiary/aromatic N) is 1. The van der Waals surface area contributed by atoms with Gasteiger partial charge in [-0.15, -0.1) is 0 Å². The van der Waals surface area contributed by atoms with Crippen molar-refractivity contribution in [2.75, 3.05) is 19.0 Å². The van der Waals surface area contributed by atoms with E-state index in [9.17, 15) is 0 Å². The topological polar surface area (TPSA) is 34.1 Å². The van der Waals surface area contributed by atoms with Crippen LogP contribution in [0.3, 0.4) is 0 Å². The van der Waals surface area contributed by atoms with Gasteiger partial charge in [0.05, 0.1) is 12.3 Å². The largest absolute Gasteiger partial charge is 0.383 e. The van der Waals surface area contributed by atoms with Crippen molar-refractivity contribution in [2.24, 2.45) is 0 Å². The Morgan fingerprint density at radius 1 is 1.64 bits per heavy atom. The highest BCUT2D eigenvalue weighted by molar-refractivity contribution is 9.10. The van der Waals surface area contributed by atoms with E-state index < -0.39 is 0 Å². The van der Waals surface area contributed by atoms with Crippen molar-refractivity contribution in [3.05, 3.63) is 22.4 Å². The molecule has 1 aromatic heterocycles. The van der Waals surface area contributed by atoms with E-state index in [0.717, 1.165) is 15.9 Å². The molecule has 0 spiro atoms. The van der Waals surface area contributed by atoms with Crippen LogP contribution in [0.1, 0.15) is 12.5 Å². The van der Waals surface area contributed by atoms with E-state index in [0.29, 0.717) is 6.61 Å². The van der Waals surface area contributed by atoms with Crippen molar-refractivity contribution in [1.29, 1.82) is 0 Å². The molecule has 0 aliphatic carbocycles. The van der Waals surface area contributed by atoms with Gasteiger partial charge in [-0.25, -0.2) is 4.98 Å². The monoisotopic (exact) mass is 258 g/mol. The Balaban J connectivity index is 2.70. The fraction of sp³-hybridized carbons (Fsp3) is 0.500. The van der Waals surface area contributed by atoms with E-state index >= 15 is 0 Å². The van der Waals surface area contributed by atoms with Gasteiger partial charge < -0.3 is 10.1 Å². The number of nitrogens with one attached hydrogen (secondary N) is 1. The molecule has 0 saturated carbocycles. The lowest BCUT2D eigenvalue weighted by Crippen LogP contribution is -2.21. The molecule has 0 radical (unpaired) electrons. The van der Waals surface area contributed by atoms with Crippen LogP contribution in [0.15, 0.2) is 16.9 Å². The Hall–Kier alpha value is -0.610. The summed E-state index contributed by atoms with van der Waals surface area (Å²) in [6.07, 6.45) is 1.83. The smallest absolute Gasteiger partial charge is 0.129 e. The van der Waals surface area contributed by atoms with Crippen LogP contribution in [0, 0.1) is 6.92 Å². The molecule has 1 unspecified atom stereocenters. The predicted octanol–water partition coefficient (Wildman–Crippen LogP) is 2.60. The van der Waals surface area contributed by atoms with Gasteiger partial charge in [-0.1, -0.05) is 0 Å². The van der Waals surface area contributed by atoms with Crippen molar-refractivity contribution in [3.8, 4) is 0 Å². The molecule has 1 heterocycles. The van der Waals surface area contributed by atoms with Gasteiger partial charge in [0, 0.05) is 19.3 Å². The van der Waals surface area contributed by atoms with Gasteiger partial charge in [0.2, 0.25) is 0 Å². The third kappa shape index (κ3) is 3.27. The molecule has 14 heavy (non-hydrogen) atoms. The van der Waals surface area contributed by atoms with Crippen LogP contribution in [0.2, 0.25) is 0 Å². The van der Waals surface area contributed by atoms with Crippen molar-refractivity contribution < 1.29 is 4.74 Å². The van der Waals surface area contributed by atoms with Gasteiger partial charge in [-0.2, -0.15) is 0 Å². The van der Waals surface area contributed by atoms with Gasteiger partial charge in [-0.3, -0.25) is 0 Å². The fourth-order valence-corrected chi connectivity index (χ4v) is 1.54. The normalized spacial score (nSPS) is 12.6. The Bertz CT molecular complexity index is 304. The molecule has 0 saturated heterocycles. The molecule has 1 rings (SSSR count). The molecule has 0 aromatic carbocycles.